The van der Waals surface area contributed by atoms with E-state index in [0.29, 0.717) is 35.6 Å². The van der Waals surface area contributed by atoms with Crippen molar-refractivity contribution in [3.8, 4) is 11.4 Å². The smallest absolute Gasteiger partial charge is 0.228 e. The van der Waals surface area contributed by atoms with Gasteiger partial charge in [-0.2, -0.15) is 4.98 Å². The number of aliphatic imine (C=N–C) groups is 1. The second-order valence-corrected chi connectivity index (χ2v) is 6.87. The topological polar surface area (TPSA) is 66.5 Å². The molecule has 1 fully saturated rings. The standard InChI is InChI=1S/C18H24ClN5O/c1-13-4-3-11-24(12-13)18(20-2)21-10-9-16-22-17(23-25-16)14-5-7-15(19)8-6-14/h5-8,13H,3-4,9-12H2,1-2H3,(H,20,21). The molecule has 7 heteroatoms. The Bertz CT molecular complexity index is 713. The number of hydrogen-bond acceptors (Lipinski definition) is 4. The van der Waals surface area contributed by atoms with Gasteiger partial charge in [0.15, 0.2) is 5.96 Å². The summed E-state index contributed by atoms with van der Waals surface area (Å²) in [6, 6.07) is 7.40. The van der Waals surface area contributed by atoms with Crippen molar-refractivity contribution < 1.29 is 4.52 Å². The van der Waals surface area contributed by atoms with E-state index in [0.717, 1.165) is 24.6 Å². The Labute approximate surface area is 153 Å². The van der Waals surface area contributed by atoms with E-state index in [2.05, 4.69) is 32.3 Å². The minimum absolute atomic E-state index is 0.584. The third kappa shape index (κ3) is 4.72. The number of hydrogen-bond donors (Lipinski definition) is 1. The van der Waals surface area contributed by atoms with Crippen LogP contribution in [0.25, 0.3) is 11.4 Å². The van der Waals surface area contributed by atoms with Crippen LogP contribution >= 0.6 is 11.6 Å². The molecule has 1 aromatic heterocycles. The Balaban J connectivity index is 1.52. The van der Waals surface area contributed by atoms with Crippen molar-refractivity contribution in [3.63, 3.8) is 0 Å². The lowest BCUT2D eigenvalue weighted by atomic mass is 10.0. The number of rotatable bonds is 4. The van der Waals surface area contributed by atoms with Crippen molar-refractivity contribution >= 4 is 17.6 Å². The number of likely N-dealkylation sites (tertiary alicyclic amines) is 1. The molecule has 6 nitrogen and oxygen atoms in total. The molecule has 1 atom stereocenters. The van der Waals surface area contributed by atoms with Crippen LogP contribution in [0.1, 0.15) is 25.7 Å². The zero-order chi connectivity index (χ0) is 17.6. The van der Waals surface area contributed by atoms with Crippen LogP contribution in [0.4, 0.5) is 0 Å². The number of benzene rings is 1. The van der Waals surface area contributed by atoms with Crippen molar-refractivity contribution in [1.82, 2.24) is 20.4 Å². The summed E-state index contributed by atoms with van der Waals surface area (Å²) in [4.78, 5) is 11.2. The van der Waals surface area contributed by atoms with Crippen LogP contribution in [0.3, 0.4) is 0 Å². The van der Waals surface area contributed by atoms with Crippen LogP contribution in [-0.2, 0) is 6.42 Å². The molecule has 1 saturated heterocycles. The van der Waals surface area contributed by atoms with Crippen molar-refractivity contribution in [3.05, 3.63) is 35.2 Å². The summed E-state index contributed by atoms with van der Waals surface area (Å²) in [6.07, 6.45) is 3.17. The van der Waals surface area contributed by atoms with E-state index >= 15 is 0 Å². The first-order chi connectivity index (χ1) is 12.2. The Hall–Kier alpha value is -2.08. The molecule has 1 aliphatic rings. The van der Waals surface area contributed by atoms with Gasteiger partial charge in [-0.05, 0) is 43.0 Å². The fraction of sp³-hybridized carbons (Fsp3) is 0.500. The number of aromatic nitrogens is 2. The molecule has 2 heterocycles. The normalized spacial score (nSPS) is 18.4. The average molecular weight is 362 g/mol. The van der Waals surface area contributed by atoms with E-state index in [1.165, 1.54) is 12.8 Å². The van der Waals surface area contributed by atoms with Gasteiger partial charge in [-0.1, -0.05) is 23.7 Å². The van der Waals surface area contributed by atoms with Crippen molar-refractivity contribution in [2.75, 3.05) is 26.7 Å². The molecule has 0 amide bonds. The van der Waals surface area contributed by atoms with Gasteiger partial charge < -0.3 is 14.7 Å². The SMILES string of the molecule is CN=C(NCCc1nc(-c2ccc(Cl)cc2)no1)N1CCCC(C)C1. The Morgan fingerprint density at radius 1 is 1.40 bits per heavy atom. The summed E-state index contributed by atoms with van der Waals surface area (Å²) in [6.45, 7) is 5.11. The largest absolute Gasteiger partial charge is 0.356 e. The van der Waals surface area contributed by atoms with E-state index < -0.39 is 0 Å². The number of piperidine rings is 1. The third-order valence-corrected chi connectivity index (χ3v) is 4.61. The van der Waals surface area contributed by atoms with E-state index in [-0.39, 0.29) is 0 Å². The molecule has 1 unspecified atom stereocenters. The average Bonchev–Trinajstić information content (AvgIpc) is 3.08. The van der Waals surface area contributed by atoms with Gasteiger partial charge in [0, 0.05) is 43.7 Å². The van der Waals surface area contributed by atoms with Gasteiger partial charge >= 0.3 is 0 Å². The summed E-state index contributed by atoms with van der Waals surface area (Å²) < 4.78 is 5.34. The minimum Gasteiger partial charge on any atom is -0.356 e. The first-order valence-corrected chi connectivity index (χ1v) is 9.07. The molecular weight excluding hydrogens is 338 g/mol. The van der Waals surface area contributed by atoms with Gasteiger partial charge in [0.25, 0.3) is 0 Å². The number of guanidine groups is 1. The van der Waals surface area contributed by atoms with Crippen LogP contribution in [0.5, 0.6) is 0 Å². The quantitative estimate of drug-likeness (QED) is 0.669. The molecular formula is C18H24ClN5O. The van der Waals surface area contributed by atoms with Gasteiger partial charge in [0.05, 0.1) is 0 Å². The molecule has 25 heavy (non-hydrogen) atoms. The predicted molar refractivity (Wildman–Crippen MR) is 99.8 cm³/mol. The number of nitrogens with zero attached hydrogens (tertiary/aromatic N) is 4. The summed E-state index contributed by atoms with van der Waals surface area (Å²) in [7, 11) is 1.83. The van der Waals surface area contributed by atoms with E-state index in [1.807, 2.05) is 31.3 Å². The highest BCUT2D eigenvalue weighted by Crippen LogP contribution is 2.19. The van der Waals surface area contributed by atoms with Crippen molar-refractivity contribution in [1.29, 1.82) is 0 Å². The maximum absolute atomic E-state index is 5.90. The maximum Gasteiger partial charge on any atom is 0.228 e. The monoisotopic (exact) mass is 361 g/mol. The van der Waals surface area contributed by atoms with Crippen LogP contribution in [0.15, 0.2) is 33.8 Å². The minimum atomic E-state index is 0.584. The highest BCUT2D eigenvalue weighted by molar-refractivity contribution is 6.30. The lowest BCUT2D eigenvalue weighted by Gasteiger charge is -2.33. The molecule has 0 saturated carbocycles. The molecule has 0 spiro atoms. The van der Waals surface area contributed by atoms with Crippen LogP contribution in [0.2, 0.25) is 5.02 Å². The molecule has 0 bridgehead atoms. The van der Waals surface area contributed by atoms with Crippen molar-refractivity contribution in [2.24, 2.45) is 10.9 Å². The van der Waals surface area contributed by atoms with Crippen LogP contribution in [-0.4, -0.2) is 47.7 Å². The number of halogens is 1. The first-order valence-electron chi connectivity index (χ1n) is 8.70. The second-order valence-electron chi connectivity index (χ2n) is 6.44. The highest BCUT2D eigenvalue weighted by atomic mass is 35.5. The van der Waals surface area contributed by atoms with Gasteiger partial charge in [-0.3, -0.25) is 4.99 Å². The Morgan fingerprint density at radius 3 is 2.92 bits per heavy atom. The molecule has 134 valence electrons. The molecule has 3 rings (SSSR count). The summed E-state index contributed by atoms with van der Waals surface area (Å²) in [5.74, 6) is 2.86. The maximum atomic E-state index is 5.90. The summed E-state index contributed by atoms with van der Waals surface area (Å²) >= 11 is 5.90. The first kappa shape index (κ1) is 17.7. The van der Waals surface area contributed by atoms with Crippen LogP contribution < -0.4 is 5.32 Å². The van der Waals surface area contributed by atoms with Gasteiger partial charge in [0.2, 0.25) is 11.7 Å². The molecule has 1 aromatic carbocycles. The van der Waals surface area contributed by atoms with E-state index in [1.54, 1.807) is 0 Å². The molecule has 0 radical (unpaired) electrons. The Morgan fingerprint density at radius 2 is 2.20 bits per heavy atom. The highest BCUT2D eigenvalue weighted by Gasteiger charge is 2.19. The summed E-state index contributed by atoms with van der Waals surface area (Å²) in [5, 5.41) is 8.12. The van der Waals surface area contributed by atoms with Gasteiger partial charge in [0.1, 0.15) is 0 Å². The van der Waals surface area contributed by atoms with Crippen molar-refractivity contribution in [2.45, 2.75) is 26.2 Å². The third-order valence-electron chi connectivity index (χ3n) is 4.36. The molecule has 1 aliphatic heterocycles. The van der Waals surface area contributed by atoms with E-state index in [4.69, 9.17) is 16.1 Å². The lowest BCUT2D eigenvalue weighted by molar-refractivity contribution is 0.266. The molecule has 1 N–H and O–H groups in total. The molecule has 2 aromatic rings. The number of nitrogens with one attached hydrogen (secondary N) is 1. The lowest BCUT2D eigenvalue weighted by Crippen LogP contribution is -2.46. The van der Waals surface area contributed by atoms with Gasteiger partial charge in [-0.25, -0.2) is 0 Å². The predicted octanol–water partition coefficient (Wildman–Crippen LogP) is 3.24. The van der Waals surface area contributed by atoms with Gasteiger partial charge in [-0.15, -0.1) is 0 Å². The van der Waals surface area contributed by atoms with Crippen LogP contribution in [0, 0.1) is 5.92 Å². The zero-order valence-corrected chi connectivity index (χ0v) is 15.5. The summed E-state index contributed by atoms with van der Waals surface area (Å²) in [5.41, 5.74) is 0.894. The fourth-order valence-electron chi connectivity index (χ4n) is 3.07. The van der Waals surface area contributed by atoms with E-state index in [9.17, 15) is 0 Å². The Kier molecular flexibility index (Phi) is 5.91. The zero-order valence-electron chi connectivity index (χ0n) is 14.7. The molecule has 0 aliphatic carbocycles. The fourth-order valence-corrected chi connectivity index (χ4v) is 3.19. The second kappa shape index (κ2) is 8.34.